The third kappa shape index (κ3) is 1.39. The second kappa shape index (κ2) is 3.35. The molecule has 2 nitrogen and oxygen atoms in total. The standard InChI is InChI=1S/C11H21O2P/c1-7(2)14(12,8(3)4)10-6-5-9-11(10)13-9/h7-11H,5-6H2,1-4H3/t9-,10-,11-/m1/s1. The van der Waals surface area contributed by atoms with Gasteiger partial charge in [-0.15, -0.1) is 0 Å². The molecule has 0 N–H and O–H groups in total. The molecule has 1 saturated carbocycles. The summed E-state index contributed by atoms with van der Waals surface area (Å²) in [5.41, 5.74) is 0.999. The van der Waals surface area contributed by atoms with Crippen LogP contribution < -0.4 is 0 Å². The van der Waals surface area contributed by atoms with Crippen molar-refractivity contribution in [3.63, 3.8) is 0 Å². The maximum Gasteiger partial charge on any atom is 0.0980 e. The quantitative estimate of drug-likeness (QED) is 0.536. The Morgan fingerprint density at radius 2 is 1.71 bits per heavy atom. The number of epoxide rings is 1. The molecule has 14 heavy (non-hydrogen) atoms. The van der Waals surface area contributed by atoms with Crippen LogP contribution in [0, 0.1) is 0 Å². The molecule has 0 aromatic heterocycles. The molecule has 0 unspecified atom stereocenters. The van der Waals surface area contributed by atoms with Gasteiger partial charge < -0.3 is 9.30 Å². The zero-order chi connectivity index (χ0) is 10.5. The van der Waals surface area contributed by atoms with Crippen molar-refractivity contribution >= 4 is 7.14 Å². The first-order valence-corrected chi connectivity index (χ1v) is 7.64. The third-order valence-corrected chi connectivity index (χ3v) is 8.70. The minimum Gasteiger partial charge on any atom is -0.369 e. The van der Waals surface area contributed by atoms with Gasteiger partial charge in [-0.25, -0.2) is 0 Å². The van der Waals surface area contributed by atoms with Crippen molar-refractivity contribution in [2.45, 2.75) is 69.7 Å². The van der Waals surface area contributed by atoms with Crippen molar-refractivity contribution in [2.24, 2.45) is 0 Å². The Morgan fingerprint density at radius 1 is 1.14 bits per heavy atom. The van der Waals surface area contributed by atoms with Gasteiger partial charge in [0.2, 0.25) is 0 Å². The summed E-state index contributed by atoms with van der Waals surface area (Å²) in [6.07, 6.45) is 3.08. The van der Waals surface area contributed by atoms with E-state index in [1.54, 1.807) is 0 Å². The van der Waals surface area contributed by atoms with E-state index in [4.69, 9.17) is 4.74 Å². The van der Waals surface area contributed by atoms with Crippen molar-refractivity contribution < 1.29 is 9.30 Å². The van der Waals surface area contributed by atoms with Crippen molar-refractivity contribution in [1.82, 2.24) is 0 Å². The highest BCUT2D eigenvalue weighted by Gasteiger charge is 2.57. The topological polar surface area (TPSA) is 29.6 Å². The molecule has 82 valence electrons. The Bertz CT molecular complexity index is 260. The number of fused-ring (bicyclic) bond motifs is 1. The summed E-state index contributed by atoms with van der Waals surface area (Å²) < 4.78 is 18.5. The molecule has 0 amide bonds. The zero-order valence-corrected chi connectivity index (χ0v) is 10.5. The lowest BCUT2D eigenvalue weighted by atomic mass is 10.3. The predicted molar refractivity (Wildman–Crippen MR) is 59.6 cm³/mol. The van der Waals surface area contributed by atoms with Gasteiger partial charge in [-0.05, 0) is 12.8 Å². The van der Waals surface area contributed by atoms with E-state index in [1.807, 2.05) is 0 Å². The van der Waals surface area contributed by atoms with Gasteiger partial charge >= 0.3 is 0 Å². The molecule has 2 fully saturated rings. The van der Waals surface area contributed by atoms with Crippen LogP contribution in [-0.2, 0) is 9.30 Å². The van der Waals surface area contributed by atoms with Crippen LogP contribution in [0.2, 0.25) is 0 Å². The van der Waals surface area contributed by atoms with Crippen LogP contribution in [0.4, 0.5) is 0 Å². The van der Waals surface area contributed by atoms with Gasteiger partial charge in [0.25, 0.3) is 0 Å². The fourth-order valence-corrected chi connectivity index (χ4v) is 7.02. The van der Waals surface area contributed by atoms with Crippen LogP contribution in [0.3, 0.4) is 0 Å². The molecular weight excluding hydrogens is 195 g/mol. The lowest BCUT2D eigenvalue weighted by Gasteiger charge is -2.32. The lowest BCUT2D eigenvalue weighted by molar-refractivity contribution is 0.320. The second-order valence-corrected chi connectivity index (χ2v) is 9.49. The molecule has 3 atom stereocenters. The van der Waals surface area contributed by atoms with Crippen molar-refractivity contribution in [3.05, 3.63) is 0 Å². The van der Waals surface area contributed by atoms with E-state index >= 15 is 0 Å². The highest BCUT2D eigenvalue weighted by atomic mass is 31.2. The fraction of sp³-hybridized carbons (Fsp3) is 1.00. The average Bonchev–Trinajstić information content (AvgIpc) is 2.76. The van der Waals surface area contributed by atoms with Gasteiger partial charge in [-0.1, -0.05) is 27.7 Å². The molecule has 0 spiro atoms. The summed E-state index contributed by atoms with van der Waals surface area (Å²) in [6, 6.07) is 0. The van der Waals surface area contributed by atoms with E-state index in [9.17, 15) is 4.57 Å². The van der Waals surface area contributed by atoms with E-state index in [2.05, 4.69) is 27.7 Å². The second-order valence-electron chi connectivity index (χ2n) is 5.23. The van der Waals surface area contributed by atoms with Crippen LogP contribution >= 0.6 is 7.14 Å². The average molecular weight is 216 g/mol. The summed E-state index contributed by atoms with van der Waals surface area (Å²) >= 11 is 0. The maximum atomic E-state index is 13.0. The molecule has 2 rings (SSSR count). The van der Waals surface area contributed by atoms with Crippen molar-refractivity contribution in [1.29, 1.82) is 0 Å². The summed E-state index contributed by atoms with van der Waals surface area (Å²) in [4.78, 5) is 0. The Morgan fingerprint density at radius 3 is 2.00 bits per heavy atom. The van der Waals surface area contributed by atoms with E-state index in [-0.39, 0.29) is 0 Å². The third-order valence-electron chi connectivity index (χ3n) is 3.88. The number of hydrogen-bond donors (Lipinski definition) is 0. The Balaban J connectivity index is 2.22. The number of ether oxygens (including phenoxy) is 1. The van der Waals surface area contributed by atoms with Crippen molar-refractivity contribution in [3.8, 4) is 0 Å². The molecule has 1 heterocycles. The maximum absolute atomic E-state index is 13.0. The lowest BCUT2D eigenvalue weighted by Crippen LogP contribution is -2.23. The monoisotopic (exact) mass is 216 g/mol. The molecule has 2 aliphatic rings. The van der Waals surface area contributed by atoms with Gasteiger partial charge in [-0.3, -0.25) is 0 Å². The molecular formula is C11H21O2P. The molecule has 0 aromatic rings. The molecule has 1 saturated heterocycles. The Hall–Kier alpha value is 0.190. The number of hydrogen-bond acceptors (Lipinski definition) is 2. The van der Waals surface area contributed by atoms with Gasteiger partial charge in [0.15, 0.2) is 0 Å². The van der Waals surface area contributed by atoms with Gasteiger partial charge in [-0.2, -0.15) is 0 Å². The fourth-order valence-electron chi connectivity index (χ4n) is 3.02. The summed E-state index contributed by atoms with van der Waals surface area (Å²) in [6.45, 7) is 8.43. The molecule has 0 bridgehead atoms. The van der Waals surface area contributed by atoms with Gasteiger partial charge in [0.1, 0.15) is 0 Å². The van der Waals surface area contributed by atoms with E-state index in [0.29, 0.717) is 29.2 Å². The van der Waals surface area contributed by atoms with Crippen LogP contribution in [0.25, 0.3) is 0 Å². The van der Waals surface area contributed by atoms with E-state index < -0.39 is 7.14 Å². The zero-order valence-electron chi connectivity index (χ0n) is 9.56. The van der Waals surface area contributed by atoms with Gasteiger partial charge in [0.05, 0.1) is 19.3 Å². The molecule has 1 aliphatic carbocycles. The first-order chi connectivity index (χ1) is 6.48. The van der Waals surface area contributed by atoms with Crippen LogP contribution in [0.1, 0.15) is 40.5 Å². The number of rotatable bonds is 3. The normalized spacial score (nSPS) is 36.6. The highest BCUT2D eigenvalue weighted by Crippen LogP contribution is 2.66. The summed E-state index contributed by atoms with van der Waals surface area (Å²) in [5, 5.41) is 0. The van der Waals surface area contributed by atoms with Crippen LogP contribution in [-0.4, -0.2) is 29.2 Å². The Kier molecular flexibility index (Phi) is 2.56. The molecule has 3 heteroatoms. The molecule has 0 radical (unpaired) electrons. The largest absolute Gasteiger partial charge is 0.369 e. The van der Waals surface area contributed by atoms with Crippen LogP contribution in [0.15, 0.2) is 0 Å². The summed E-state index contributed by atoms with van der Waals surface area (Å²) in [5.74, 6) is 0. The van der Waals surface area contributed by atoms with Crippen molar-refractivity contribution in [2.75, 3.05) is 0 Å². The minimum atomic E-state index is -2.05. The SMILES string of the molecule is CC(C)P(=O)(C(C)C)[C@@H]1CC[C@H]2O[C@@H]12. The molecule has 0 aromatic carbocycles. The van der Waals surface area contributed by atoms with E-state index in [1.165, 1.54) is 0 Å². The smallest absolute Gasteiger partial charge is 0.0980 e. The minimum absolute atomic E-state index is 0.315. The highest BCUT2D eigenvalue weighted by molar-refractivity contribution is 7.66. The van der Waals surface area contributed by atoms with E-state index in [0.717, 1.165) is 12.8 Å². The Labute approximate surface area is 86.8 Å². The van der Waals surface area contributed by atoms with Crippen LogP contribution in [0.5, 0.6) is 0 Å². The first-order valence-electron chi connectivity index (χ1n) is 5.72. The first kappa shape index (κ1) is 10.7. The van der Waals surface area contributed by atoms with Gasteiger partial charge in [0, 0.05) is 17.0 Å². The summed E-state index contributed by atoms with van der Waals surface area (Å²) in [7, 11) is -2.05. The molecule has 1 aliphatic heterocycles. The predicted octanol–water partition coefficient (Wildman–Crippen LogP) is 3.10.